The number of fused-ring (bicyclic) bond motifs is 4. The number of piperidine rings is 3. The molecule has 2 amide bonds. The summed E-state index contributed by atoms with van der Waals surface area (Å²) in [7, 11) is 1.63. The molecule has 0 saturated carbocycles. The number of hydrogen-bond acceptors (Lipinski definition) is 6. The predicted molar refractivity (Wildman–Crippen MR) is 124 cm³/mol. The number of alkyl carbamates (subject to hydrolysis) is 1. The largest absolute Gasteiger partial charge is 0.497 e. The molecule has 0 spiro atoms. The Morgan fingerprint density at radius 3 is 2.84 bits per heavy atom. The van der Waals surface area contributed by atoms with E-state index in [0.29, 0.717) is 18.4 Å². The number of methoxy groups -OCH3 is 1. The van der Waals surface area contributed by atoms with E-state index in [0.717, 1.165) is 48.5 Å². The summed E-state index contributed by atoms with van der Waals surface area (Å²) in [4.78, 5) is 27.1. The number of nitrogens with one attached hydrogen (secondary N) is 2. The first-order valence-electron chi connectivity index (χ1n) is 11.1. The van der Waals surface area contributed by atoms with Crippen molar-refractivity contribution in [3.8, 4) is 5.75 Å². The number of imide groups is 1. The molecule has 7 heteroatoms. The number of ether oxygens (including phenoxy) is 2. The minimum Gasteiger partial charge on any atom is -0.497 e. The number of rotatable bonds is 6. The highest BCUT2D eigenvalue weighted by molar-refractivity contribution is 6.01. The van der Waals surface area contributed by atoms with Gasteiger partial charge in [-0.15, -0.1) is 6.58 Å². The van der Waals surface area contributed by atoms with Crippen LogP contribution in [0, 0.1) is 11.8 Å². The lowest BCUT2D eigenvalue weighted by molar-refractivity contribution is -0.117. The Balaban J connectivity index is 1.67. The summed E-state index contributed by atoms with van der Waals surface area (Å²) in [5.41, 5.74) is 3.10. The van der Waals surface area contributed by atoms with E-state index in [1.165, 1.54) is 0 Å². The van der Waals surface area contributed by atoms with Gasteiger partial charge in [-0.3, -0.25) is 15.0 Å². The highest BCUT2D eigenvalue weighted by Gasteiger charge is 2.45. The van der Waals surface area contributed by atoms with Crippen LogP contribution < -0.4 is 15.4 Å². The van der Waals surface area contributed by atoms with Gasteiger partial charge in [-0.05, 0) is 56.3 Å². The van der Waals surface area contributed by atoms with Crippen molar-refractivity contribution in [2.75, 3.05) is 32.1 Å². The van der Waals surface area contributed by atoms with Crippen molar-refractivity contribution in [2.45, 2.75) is 31.9 Å². The molecule has 4 aliphatic rings. The zero-order chi connectivity index (χ0) is 22.8. The van der Waals surface area contributed by atoms with Crippen molar-refractivity contribution in [1.82, 2.24) is 10.2 Å². The van der Waals surface area contributed by atoms with E-state index < -0.39 is 18.1 Å². The third-order valence-corrected chi connectivity index (χ3v) is 6.80. The first-order valence-corrected chi connectivity index (χ1v) is 11.1. The lowest BCUT2D eigenvalue weighted by atomic mass is 9.73. The number of hydrogen-bond donors (Lipinski definition) is 2. The number of amides is 2. The Labute approximate surface area is 189 Å². The summed E-state index contributed by atoms with van der Waals surface area (Å²) in [5, 5.41) is 5.67. The smallest absolute Gasteiger partial charge is 0.414 e. The van der Waals surface area contributed by atoms with Crippen molar-refractivity contribution in [2.24, 2.45) is 11.8 Å². The molecule has 32 heavy (non-hydrogen) atoms. The number of anilines is 1. The van der Waals surface area contributed by atoms with Gasteiger partial charge in [-0.2, -0.15) is 0 Å². The van der Waals surface area contributed by atoms with E-state index in [4.69, 9.17) is 9.47 Å². The summed E-state index contributed by atoms with van der Waals surface area (Å²) in [6.45, 7) is 11.7. The van der Waals surface area contributed by atoms with Crippen LogP contribution in [-0.4, -0.2) is 55.8 Å². The minimum absolute atomic E-state index is 0.0269. The zero-order valence-electron chi connectivity index (χ0n) is 18.7. The number of carbonyl (C=O) groups is 2. The van der Waals surface area contributed by atoms with Gasteiger partial charge >= 0.3 is 6.09 Å². The quantitative estimate of drug-likeness (QED) is 0.523. The summed E-state index contributed by atoms with van der Waals surface area (Å²) in [6, 6.07) is 5.87. The fraction of sp³-hybridized carbons (Fsp3) is 0.440. The summed E-state index contributed by atoms with van der Waals surface area (Å²) >= 11 is 0. The molecule has 4 heterocycles. The molecule has 2 N–H and O–H groups in total. The van der Waals surface area contributed by atoms with Gasteiger partial charge in [0.25, 0.3) is 5.91 Å². The van der Waals surface area contributed by atoms with Gasteiger partial charge in [0.1, 0.15) is 11.9 Å². The molecule has 1 aromatic carbocycles. The van der Waals surface area contributed by atoms with Crippen LogP contribution >= 0.6 is 0 Å². The maximum absolute atomic E-state index is 12.7. The van der Waals surface area contributed by atoms with Crippen LogP contribution in [0.1, 0.15) is 25.3 Å². The van der Waals surface area contributed by atoms with Crippen LogP contribution in [0.15, 0.2) is 49.1 Å². The Bertz CT molecular complexity index is 970. The molecular formula is C25H31N3O4. The van der Waals surface area contributed by atoms with Crippen LogP contribution in [0.3, 0.4) is 0 Å². The van der Waals surface area contributed by atoms with Gasteiger partial charge in [0, 0.05) is 35.5 Å². The van der Waals surface area contributed by atoms with E-state index in [9.17, 15) is 9.59 Å². The van der Waals surface area contributed by atoms with Gasteiger partial charge in [-0.25, -0.2) is 4.79 Å². The molecular weight excluding hydrogens is 406 g/mol. The number of nitrogens with zero attached hydrogens (tertiary/aromatic N) is 1. The highest BCUT2D eigenvalue weighted by atomic mass is 16.6. The van der Waals surface area contributed by atoms with E-state index in [1.54, 1.807) is 14.0 Å². The van der Waals surface area contributed by atoms with Crippen molar-refractivity contribution in [3.05, 3.63) is 54.6 Å². The molecule has 0 aromatic heterocycles. The molecule has 2 bridgehead atoms. The molecule has 1 unspecified atom stereocenters. The highest BCUT2D eigenvalue weighted by Crippen LogP contribution is 2.43. The first-order chi connectivity index (χ1) is 15.4. The second-order valence-electron chi connectivity index (χ2n) is 8.76. The molecule has 5 atom stereocenters. The summed E-state index contributed by atoms with van der Waals surface area (Å²) in [5.74, 6) is 1.16. The number of carbonyl (C=O) groups excluding carboxylic acids is 2. The molecule has 170 valence electrons. The molecule has 0 aliphatic carbocycles. The summed E-state index contributed by atoms with van der Waals surface area (Å²) < 4.78 is 11.4. The SMILES string of the molecule is C=C[C@H]1CN2CC[C@H]1C[C@@H]2[C@@H](OC(=O)NC(=O)C(=C)C)C1=CCNc2ccc(OC)cc21. The maximum Gasteiger partial charge on any atom is 0.414 e. The van der Waals surface area contributed by atoms with Gasteiger partial charge in [0.15, 0.2) is 0 Å². The Kier molecular flexibility index (Phi) is 6.37. The van der Waals surface area contributed by atoms with E-state index in [2.05, 4.69) is 34.8 Å². The Morgan fingerprint density at radius 2 is 2.19 bits per heavy atom. The van der Waals surface area contributed by atoms with Gasteiger partial charge in [-0.1, -0.05) is 18.7 Å². The van der Waals surface area contributed by atoms with Crippen LogP contribution in [0.4, 0.5) is 10.5 Å². The van der Waals surface area contributed by atoms with Crippen LogP contribution in [-0.2, 0) is 9.53 Å². The Morgan fingerprint density at radius 1 is 1.38 bits per heavy atom. The molecule has 4 aliphatic heterocycles. The summed E-state index contributed by atoms with van der Waals surface area (Å²) in [6.07, 6.45) is 4.86. The van der Waals surface area contributed by atoms with Crippen molar-refractivity contribution >= 4 is 23.3 Å². The topological polar surface area (TPSA) is 79.9 Å². The normalized spacial score (nSPS) is 26.6. The van der Waals surface area contributed by atoms with Crippen molar-refractivity contribution in [1.29, 1.82) is 0 Å². The lowest BCUT2D eigenvalue weighted by Gasteiger charge is -2.51. The molecule has 0 radical (unpaired) electrons. The predicted octanol–water partition coefficient (Wildman–Crippen LogP) is 3.60. The fourth-order valence-corrected chi connectivity index (χ4v) is 5.08. The first kappa shape index (κ1) is 22.1. The van der Waals surface area contributed by atoms with E-state index >= 15 is 0 Å². The standard InChI is InChI=1S/C25H31N3O4/c1-5-16-14-28-11-9-17(16)12-22(28)23(32-25(30)27-24(29)15(2)3)19-8-10-26-21-7-6-18(31-4)13-20(19)21/h5-8,13,16-17,22-23,26H,1-2,9-12,14H2,3-4H3,(H,27,29,30)/t16-,17-,22+,23-/m0/s1. The van der Waals surface area contributed by atoms with Crippen molar-refractivity contribution in [3.63, 3.8) is 0 Å². The van der Waals surface area contributed by atoms with Crippen LogP contribution in [0.5, 0.6) is 5.75 Å². The second kappa shape index (κ2) is 9.20. The lowest BCUT2D eigenvalue weighted by Crippen LogP contribution is -2.58. The van der Waals surface area contributed by atoms with Crippen molar-refractivity contribution < 1.29 is 19.1 Å². The fourth-order valence-electron chi connectivity index (χ4n) is 5.08. The molecule has 7 nitrogen and oxygen atoms in total. The van der Waals surface area contributed by atoms with Crippen LogP contribution in [0.2, 0.25) is 0 Å². The third-order valence-electron chi connectivity index (χ3n) is 6.80. The Hall–Kier alpha value is -3.06. The monoisotopic (exact) mass is 437 g/mol. The third kappa shape index (κ3) is 4.30. The van der Waals surface area contributed by atoms with Crippen LogP contribution in [0.25, 0.3) is 5.57 Å². The maximum atomic E-state index is 12.7. The van der Waals surface area contributed by atoms with E-state index in [1.807, 2.05) is 24.3 Å². The molecule has 3 fully saturated rings. The molecule has 5 rings (SSSR count). The average Bonchev–Trinajstić information content (AvgIpc) is 2.81. The second-order valence-corrected chi connectivity index (χ2v) is 8.76. The molecule has 3 saturated heterocycles. The molecule has 1 aromatic rings. The average molecular weight is 438 g/mol. The van der Waals surface area contributed by atoms with Gasteiger partial charge in [0.2, 0.25) is 0 Å². The van der Waals surface area contributed by atoms with E-state index in [-0.39, 0.29) is 11.6 Å². The number of benzene rings is 1. The van der Waals surface area contributed by atoms with Gasteiger partial charge in [0.05, 0.1) is 13.2 Å². The zero-order valence-corrected chi connectivity index (χ0v) is 18.7. The van der Waals surface area contributed by atoms with Gasteiger partial charge < -0.3 is 14.8 Å². The minimum atomic E-state index is -0.755.